The van der Waals surface area contributed by atoms with E-state index in [-0.39, 0.29) is 0 Å². The molecule has 17 aromatic carbocycles. The van der Waals surface area contributed by atoms with E-state index in [1.165, 1.54) is 27.1 Å². The van der Waals surface area contributed by atoms with Crippen LogP contribution in [0.3, 0.4) is 0 Å². The summed E-state index contributed by atoms with van der Waals surface area (Å²) in [6, 6.07) is 186. The van der Waals surface area contributed by atoms with Crippen LogP contribution in [-0.2, 0) is 0 Å². The molecule has 0 N–H and O–H groups in total. The summed E-state index contributed by atoms with van der Waals surface area (Å²) in [7, 11) is 0. The molecule has 25 aromatic rings. The zero-order valence-electron chi connectivity index (χ0n) is 79.7. The van der Waals surface area contributed by atoms with Crippen LogP contribution >= 0.6 is 0 Å². The van der Waals surface area contributed by atoms with Gasteiger partial charge in [0.1, 0.15) is 0 Å². The molecule has 8 heterocycles. The van der Waals surface area contributed by atoms with Gasteiger partial charge in [0.2, 0.25) is 0 Å². The van der Waals surface area contributed by atoms with Gasteiger partial charge in [-0.15, -0.1) is 0 Å². The zero-order valence-corrected chi connectivity index (χ0v) is 79.7. The molecule has 9 nitrogen and oxygen atoms in total. The van der Waals surface area contributed by atoms with Crippen molar-refractivity contribution in [3.05, 3.63) is 565 Å². The number of nitrogens with zero attached hydrogens (tertiary/aromatic N) is 9. The van der Waals surface area contributed by atoms with E-state index >= 15 is 0 Å². The van der Waals surface area contributed by atoms with Crippen molar-refractivity contribution in [2.75, 3.05) is 0 Å². The van der Waals surface area contributed by atoms with E-state index in [1.54, 1.807) is 0 Å². The van der Waals surface area contributed by atoms with Crippen molar-refractivity contribution < 1.29 is 0 Å². The first-order valence-electron chi connectivity index (χ1n) is 49.0. The van der Waals surface area contributed by atoms with Crippen molar-refractivity contribution in [3.8, 4) is 224 Å². The molecule has 0 aliphatic heterocycles. The molecule has 0 unspecified atom stereocenters. The Morgan fingerprint density at radius 3 is 0.733 bits per heavy atom. The number of pyridine rings is 7. The van der Waals surface area contributed by atoms with E-state index in [2.05, 4.69) is 465 Å². The first kappa shape index (κ1) is 90.2. The molecule has 0 amide bonds. The predicted octanol–water partition coefficient (Wildman–Crippen LogP) is 35.3. The number of aromatic nitrogens is 9. The highest BCUT2D eigenvalue weighted by atomic mass is 14.9. The zero-order chi connectivity index (χ0) is 97.5. The van der Waals surface area contributed by atoms with Crippen LogP contribution in [0.2, 0.25) is 0 Å². The van der Waals surface area contributed by atoms with E-state index in [0.717, 1.165) is 213 Å². The maximum atomic E-state index is 5.32. The van der Waals surface area contributed by atoms with Gasteiger partial charge in [-0.25, -0.2) is 19.9 Å². The second-order valence-electron chi connectivity index (χ2n) is 36.0. The average molecular weight is 1870 g/mol. The molecule has 0 radical (unpaired) electrons. The second kappa shape index (κ2) is 42.2. The van der Waals surface area contributed by atoms with Crippen LogP contribution < -0.4 is 0 Å². The van der Waals surface area contributed by atoms with Crippen molar-refractivity contribution in [2.24, 2.45) is 0 Å². The van der Waals surface area contributed by atoms with Crippen LogP contribution in [0.15, 0.2) is 565 Å². The monoisotopic (exact) mass is 1860 g/mol. The highest BCUT2D eigenvalue weighted by molar-refractivity contribution is 6.02. The minimum atomic E-state index is 0.656. The fourth-order valence-electron chi connectivity index (χ4n) is 19.0. The van der Waals surface area contributed by atoms with Crippen LogP contribution in [-0.4, -0.2) is 44.9 Å². The number of hydrogen-bond acceptors (Lipinski definition) is 9. The Hall–Kier alpha value is -19.6. The van der Waals surface area contributed by atoms with Crippen molar-refractivity contribution in [1.29, 1.82) is 0 Å². The molecule has 146 heavy (non-hydrogen) atoms. The summed E-state index contributed by atoms with van der Waals surface area (Å²) < 4.78 is 0. The van der Waals surface area contributed by atoms with Gasteiger partial charge >= 0.3 is 0 Å². The normalized spacial score (nSPS) is 11.0. The van der Waals surface area contributed by atoms with Crippen LogP contribution in [0.5, 0.6) is 0 Å². The third kappa shape index (κ3) is 20.4. The Morgan fingerprint density at radius 1 is 0.110 bits per heavy atom. The van der Waals surface area contributed by atoms with E-state index in [1.807, 2.05) is 110 Å². The lowest BCUT2D eigenvalue weighted by molar-refractivity contribution is 1.18. The van der Waals surface area contributed by atoms with E-state index in [9.17, 15) is 0 Å². The van der Waals surface area contributed by atoms with Gasteiger partial charge in [0.15, 0.2) is 5.82 Å². The fraction of sp³-hybridized carbons (Fsp3) is 0. The molecule has 0 atom stereocenters. The molecule has 0 aliphatic carbocycles. The average Bonchev–Trinajstić information content (AvgIpc) is 0.754. The molecular formula is C137H93N9. The van der Waals surface area contributed by atoms with E-state index in [0.29, 0.717) is 5.82 Å². The third-order valence-electron chi connectivity index (χ3n) is 26.5. The molecular weight excluding hydrogens is 1770 g/mol. The molecule has 0 saturated heterocycles. The molecule has 25 rings (SSSR count). The van der Waals surface area contributed by atoms with Crippen LogP contribution in [0.4, 0.5) is 0 Å². The lowest BCUT2D eigenvalue weighted by atomic mass is 9.91. The smallest absolute Gasteiger partial charge is 0.160 e. The molecule has 0 fully saturated rings. The van der Waals surface area contributed by atoms with Crippen molar-refractivity contribution in [1.82, 2.24) is 44.9 Å². The minimum Gasteiger partial charge on any atom is -0.256 e. The van der Waals surface area contributed by atoms with Crippen molar-refractivity contribution >= 4 is 21.5 Å². The molecule has 0 saturated carbocycles. The van der Waals surface area contributed by atoms with Gasteiger partial charge in [-0.3, -0.25) is 24.9 Å². The Labute approximate surface area is 849 Å². The van der Waals surface area contributed by atoms with Crippen LogP contribution in [0.25, 0.3) is 246 Å². The summed E-state index contributed by atoms with van der Waals surface area (Å²) in [5.41, 5.74) is 40.6. The quantitative estimate of drug-likeness (QED) is 0.0735. The Kier molecular flexibility index (Phi) is 26.1. The molecule has 0 spiro atoms. The van der Waals surface area contributed by atoms with Crippen molar-refractivity contribution in [3.63, 3.8) is 0 Å². The van der Waals surface area contributed by atoms with E-state index < -0.39 is 0 Å². The first-order valence-corrected chi connectivity index (χ1v) is 49.0. The molecule has 0 bridgehead atoms. The number of rotatable bonds is 20. The van der Waals surface area contributed by atoms with Gasteiger partial charge in [0.05, 0.1) is 62.6 Å². The van der Waals surface area contributed by atoms with E-state index in [4.69, 9.17) is 34.9 Å². The standard InChI is InChI=1S/C52H34N4.C45H31N3.C40H28N2/c1-3-15-44-35(11-1)13-9-17-46(44)41-31-42(47-18-10-14-36-12-2-4-16-45(36)47)33-43(32-41)52-55-50(39-25-21-37(22-26-39)48-19-5-7-29-53-48)34-51(56-52)40-27-23-38(24-28-40)49-20-6-8-30-54-49;1-5-13-32(14-6-1)36-21-23-46-42(28-36)40-25-38(26-41(27-40)43-29-37(22-24-47-43)33-15-7-2-8-16-33)39-30-44(34-17-9-3-10-18-34)48-45(31-39)35-19-11-4-12-20-35;1-5-13-29(14-6-1)33-21-22-38(41-28-33)37-24-34(30-15-7-2-8-16-30)23-35(25-37)36-26-39(31-17-9-3-10-18-31)42-40(27-36)32-19-11-4-12-20-32/h1-34H;1-31H;1-28H. The van der Waals surface area contributed by atoms with Gasteiger partial charge in [-0.1, -0.05) is 394 Å². The topological polar surface area (TPSA) is 116 Å². The maximum absolute atomic E-state index is 5.32. The largest absolute Gasteiger partial charge is 0.256 e. The first-order chi connectivity index (χ1) is 72.3. The summed E-state index contributed by atoms with van der Waals surface area (Å²) in [4.78, 5) is 44.6. The number of fused-ring (bicyclic) bond motifs is 2. The predicted molar refractivity (Wildman–Crippen MR) is 603 cm³/mol. The summed E-state index contributed by atoms with van der Waals surface area (Å²) in [6.45, 7) is 0. The van der Waals surface area contributed by atoms with Gasteiger partial charge in [-0.05, 0) is 245 Å². The lowest BCUT2D eigenvalue weighted by Crippen LogP contribution is -1.97. The Balaban J connectivity index is 0.000000122. The van der Waals surface area contributed by atoms with Gasteiger partial charge < -0.3 is 0 Å². The minimum absolute atomic E-state index is 0.656. The van der Waals surface area contributed by atoms with Gasteiger partial charge in [0, 0.05) is 103 Å². The summed E-state index contributed by atoms with van der Waals surface area (Å²) in [5, 5.41) is 4.80. The van der Waals surface area contributed by atoms with Crippen LogP contribution in [0.1, 0.15) is 0 Å². The lowest BCUT2D eigenvalue weighted by Gasteiger charge is -2.15. The number of hydrogen-bond donors (Lipinski definition) is 0. The summed E-state index contributed by atoms with van der Waals surface area (Å²) in [6.07, 6.45) is 9.40. The molecule has 8 aromatic heterocycles. The molecule has 9 heteroatoms. The molecule has 686 valence electrons. The third-order valence-corrected chi connectivity index (χ3v) is 26.5. The van der Waals surface area contributed by atoms with Crippen LogP contribution in [0, 0.1) is 0 Å². The highest BCUT2D eigenvalue weighted by Crippen LogP contribution is 2.44. The summed E-state index contributed by atoms with van der Waals surface area (Å²) in [5.74, 6) is 0.656. The van der Waals surface area contributed by atoms with Gasteiger partial charge in [-0.2, -0.15) is 0 Å². The van der Waals surface area contributed by atoms with Crippen molar-refractivity contribution in [2.45, 2.75) is 0 Å². The molecule has 0 aliphatic rings. The maximum Gasteiger partial charge on any atom is 0.160 e. The highest BCUT2D eigenvalue weighted by Gasteiger charge is 2.22. The Morgan fingerprint density at radius 2 is 0.363 bits per heavy atom. The summed E-state index contributed by atoms with van der Waals surface area (Å²) >= 11 is 0. The fourth-order valence-corrected chi connectivity index (χ4v) is 19.0. The number of benzene rings is 17. The van der Waals surface area contributed by atoms with Gasteiger partial charge in [0.25, 0.3) is 0 Å². The second-order valence-corrected chi connectivity index (χ2v) is 36.0. The SMILES string of the molecule is c1ccc(-c2ccc(-c3cc(-c4ccc(-c5ccccn5)cc4)nc(-c4cc(-c5cccc6ccccc56)cc(-c5cccc6ccccc56)c4)n3)cc2)nc1.c1ccc(-c2ccc(-c3cc(-c4ccccc4)cc(-c4cc(-c5ccccc5)nc(-c5ccccc5)c4)c3)nc2)cc1.c1ccc(-c2ccnc(-c3cc(-c4cc(-c5ccccc5)nc(-c5ccccc5)c4)cc(-c4cc(-c5ccccc5)ccn4)c3)c2)cc1. The Bertz CT molecular complexity index is 8460.